The first-order chi connectivity index (χ1) is 10.1. The van der Waals surface area contributed by atoms with E-state index in [4.69, 9.17) is 8.92 Å². The Morgan fingerprint density at radius 2 is 1.91 bits per heavy atom. The molecule has 1 amide bonds. The highest BCUT2D eigenvalue weighted by Crippen LogP contribution is 2.34. The van der Waals surface area contributed by atoms with Crippen molar-refractivity contribution >= 4 is 16.2 Å². The van der Waals surface area contributed by atoms with Crippen LogP contribution in [0.25, 0.3) is 0 Å². The molecule has 0 fully saturated rings. The van der Waals surface area contributed by atoms with E-state index in [-0.39, 0.29) is 0 Å². The number of alkyl carbamates (subject to hydrolysis) is 1. The molecule has 0 aromatic heterocycles. The number of nitrogens with one attached hydrogen (secondary N) is 1. The minimum absolute atomic E-state index is 0.420. The molecule has 2 atom stereocenters. The molecule has 1 aromatic rings. The average molecular weight is 327 g/mol. The topological polar surface area (TPSA) is 81.7 Å². The van der Waals surface area contributed by atoms with E-state index >= 15 is 0 Å². The molecule has 22 heavy (non-hydrogen) atoms. The van der Waals surface area contributed by atoms with Crippen LogP contribution in [0.5, 0.6) is 0 Å². The highest BCUT2D eigenvalue weighted by Gasteiger charge is 2.37. The van der Waals surface area contributed by atoms with Crippen LogP contribution in [-0.2, 0) is 25.5 Å². The fraction of sp³-hybridized carbons (Fsp3) is 0.533. The molecule has 1 aliphatic rings. The first kappa shape index (κ1) is 16.8. The lowest BCUT2D eigenvalue weighted by Gasteiger charge is -2.24. The van der Waals surface area contributed by atoms with Crippen LogP contribution in [0, 0.1) is 0 Å². The molecular formula is C15H21NO5S. The fourth-order valence-electron chi connectivity index (χ4n) is 2.48. The second kappa shape index (κ2) is 5.89. The molecule has 2 rings (SSSR count). The molecule has 0 heterocycles. The van der Waals surface area contributed by atoms with Crippen molar-refractivity contribution in [3.8, 4) is 0 Å². The molecule has 0 saturated heterocycles. The summed E-state index contributed by atoms with van der Waals surface area (Å²) in [4.78, 5) is 12.0. The lowest BCUT2D eigenvalue weighted by Crippen LogP contribution is -2.39. The molecular weight excluding hydrogens is 306 g/mol. The maximum atomic E-state index is 12.0. The van der Waals surface area contributed by atoms with Gasteiger partial charge in [0, 0.05) is 6.42 Å². The summed E-state index contributed by atoms with van der Waals surface area (Å²) in [6.07, 6.45) is 0.153. The van der Waals surface area contributed by atoms with Crippen LogP contribution in [0.2, 0.25) is 0 Å². The molecule has 6 nitrogen and oxygen atoms in total. The summed E-state index contributed by atoms with van der Waals surface area (Å²) in [5.74, 6) is 0. The Balaban J connectivity index is 2.21. The van der Waals surface area contributed by atoms with Gasteiger partial charge in [-0.15, -0.1) is 0 Å². The van der Waals surface area contributed by atoms with E-state index in [1.807, 2.05) is 24.3 Å². The van der Waals surface area contributed by atoms with Crippen molar-refractivity contribution in [1.82, 2.24) is 5.32 Å². The Bertz CT molecular complexity index is 663. The molecule has 1 aromatic carbocycles. The van der Waals surface area contributed by atoms with Crippen molar-refractivity contribution in [2.75, 3.05) is 6.26 Å². The van der Waals surface area contributed by atoms with E-state index < -0.39 is 34.0 Å². The predicted molar refractivity (Wildman–Crippen MR) is 82.0 cm³/mol. The van der Waals surface area contributed by atoms with Crippen LogP contribution in [-0.4, -0.2) is 32.5 Å². The predicted octanol–water partition coefficient (Wildman–Crippen LogP) is 2.15. The van der Waals surface area contributed by atoms with Gasteiger partial charge in [-0.2, -0.15) is 8.42 Å². The Morgan fingerprint density at radius 1 is 1.27 bits per heavy atom. The summed E-state index contributed by atoms with van der Waals surface area (Å²) < 4.78 is 33.2. The highest BCUT2D eigenvalue weighted by molar-refractivity contribution is 7.86. The molecule has 0 spiro atoms. The van der Waals surface area contributed by atoms with Gasteiger partial charge in [0.15, 0.2) is 0 Å². The van der Waals surface area contributed by atoms with E-state index in [1.54, 1.807) is 20.8 Å². The van der Waals surface area contributed by atoms with Gasteiger partial charge in [0.1, 0.15) is 11.7 Å². The second-order valence-corrected chi connectivity index (χ2v) is 7.97. The van der Waals surface area contributed by atoms with Gasteiger partial charge in [0.05, 0.1) is 12.3 Å². The van der Waals surface area contributed by atoms with Gasteiger partial charge in [-0.3, -0.25) is 4.18 Å². The molecule has 0 saturated carbocycles. The smallest absolute Gasteiger partial charge is 0.408 e. The normalized spacial score (nSPS) is 21.3. The number of ether oxygens (including phenoxy) is 1. The molecule has 1 aliphatic carbocycles. The van der Waals surface area contributed by atoms with Gasteiger partial charge < -0.3 is 10.1 Å². The quantitative estimate of drug-likeness (QED) is 0.860. The summed E-state index contributed by atoms with van der Waals surface area (Å²) >= 11 is 0. The van der Waals surface area contributed by atoms with Crippen molar-refractivity contribution < 1.29 is 22.1 Å². The molecule has 0 unspecified atom stereocenters. The van der Waals surface area contributed by atoms with Crippen molar-refractivity contribution in [1.29, 1.82) is 0 Å². The maximum Gasteiger partial charge on any atom is 0.408 e. The minimum atomic E-state index is -3.62. The number of carbonyl (C=O) groups is 1. The summed E-state index contributed by atoms with van der Waals surface area (Å²) in [5, 5.41) is 2.71. The van der Waals surface area contributed by atoms with Gasteiger partial charge in [-0.25, -0.2) is 4.79 Å². The number of rotatable bonds is 3. The number of fused-ring (bicyclic) bond motifs is 1. The summed E-state index contributed by atoms with van der Waals surface area (Å²) in [7, 11) is -3.62. The highest BCUT2D eigenvalue weighted by atomic mass is 32.2. The molecule has 7 heteroatoms. The van der Waals surface area contributed by atoms with Gasteiger partial charge >= 0.3 is 6.09 Å². The molecule has 0 radical (unpaired) electrons. The minimum Gasteiger partial charge on any atom is -0.444 e. The van der Waals surface area contributed by atoms with E-state index in [0.29, 0.717) is 6.42 Å². The maximum absolute atomic E-state index is 12.0. The third-order valence-corrected chi connectivity index (χ3v) is 3.75. The van der Waals surface area contributed by atoms with Gasteiger partial charge in [-0.05, 0) is 31.9 Å². The van der Waals surface area contributed by atoms with E-state index in [2.05, 4.69) is 5.32 Å². The SMILES string of the molecule is CC(C)(C)OC(=O)N[C@@H]1c2ccccc2C[C@H]1OS(C)(=O)=O. The first-order valence-electron chi connectivity index (χ1n) is 7.01. The number of hydrogen-bond donors (Lipinski definition) is 1. The zero-order chi connectivity index (χ0) is 16.5. The zero-order valence-corrected chi connectivity index (χ0v) is 13.9. The van der Waals surface area contributed by atoms with E-state index in [0.717, 1.165) is 17.4 Å². The van der Waals surface area contributed by atoms with Crippen LogP contribution in [0.1, 0.15) is 37.9 Å². The Kier molecular flexibility index (Phi) is 4.49. The summed E-state index contributed by atoms with van der Waals surface area (Å²) in [6, 6.07) is 6.89. The largest absolute Gasteiger partial charge is 0.444 e. The Hall–Kier alpha value is -1.60. The first-order valence-corrected chi connectivity index (χ1v) is 8.82. The number of amides is 1. The van der Waals surface area contributed by atoms with Gasteiger partial charge in [0.25, 0.3) is 10.1 Å². The fourth-order valence-corrected chi connectivity index (χ4v) is 3.11. The lowest BCUT2D eigenvalue weighted by atomic mass is 10.1. The third kappa shape index (κ3) is 4.45. The number of hydrogen-bond acceptors (Lipinski definition) is 5. The molecule has 1 N–H and O–H groups in total. The molecule has 122 valence electrons. The van der Waals surface area contributed by atoms with Crippen LogP contribution < -0.4 is 5.32 Å². The zero-order valence-electron chi connectivity index (χ0n) is 13.1. The van der Waals surface area contributed by atoms with Gasteiger partial charge in [-0.1, -0.05) is 24.3 Å². The summed E-state index contributed by atoms with van der Waals surface area (Å²) in [5.41, 5.74) is 1.18. The van der Waals surface area contributed by atoms with Crippen LogP contribution >= 0.6 is 0 Å². The summed E-state index contributed by atoms with van der Waals surface area (Å²) in [6.45, 7) is 5.29. The monoisotopic (exact) mass is 327 g/mol. The number of benzene rings is 1. The van der Waals surface area contributed by atoms with Crippen molar-refractivity contribution in [3.05, 3.63) is 35.4 Å². The van der Waals surface area contributed by atoms with Crippen molar-refractivity contribution in [2.45, 2.75) is 44.9 Å². The lowest BCUT2D eigenvalue weighted by molar-refractivity contribution is 0.0458. The van der Waals surface area contributed by atoms with Gasteiger partial charge in [0.2, 0.25) is 0 Å². The van der Waals surface area contributed by atoms with Crippen LogP contribution in [0.3, 0.4) is 0 Å². The van der Waals surface area contributed by atoms with Crippen molar-refractivity contribution in [3.63, 3.8) is 0 Å². The van der Waals surface area contributed by atoms with Crippen LogP contribution in [0.4, 0.5) is 4.79 Å². The van der Waals surface area contributed by atoms with E-state index in [1.165, 1.54) is 0 Å². The molecule has 0 bridgehead atoms. The van der Waals surface area contributed by atoms with E-state index in [9.17, 15) is 13.2 Å². The Morgan fingerprint density at radius 3 is 2.50 bits per heavy atom. The number of carbonyl (C=O) groups excluding carboxylic acids is 1. The standard InChI is InChI=1S/C15H21NO5S/c1-15(2,3)20-14(17)16-13-11-8-6-5-7-10(11)9-12(13)21-22(4,18)19/h5-8,12-13H,9H2,1-4H3,(H,16,17)/t12-,13-/m1/s1. The van der Waals surface area contributed by atoms with Crippen molar-refractivity contribution in [2.24, 2.45) is 0 Å². The third-order valence-electron chi connectivity index (χ3n) is 3.15. The molecule has 0 aliphatic heterocycles. The second-order valence-electron chi connectivity index (χ2n) is 6.37. The average Bonchev–Trinajstić information content (AvgIpc) is 2.63. The van der Waals surface area contributed by atoms with Crippen LogP contribution in [0.15, 0.2) is 24.3 Å². The Labute approximate surface area is 130 Å².